The SMILES string of the molecule is Cc1nc(CNCc2nc(C(C)(C)C)cs2)oc1C. The third-order valence-electron chi connectivity index (χ3n) is 2.95. The summed E-state index contributed by atoms with van der Waals surface area (Å²) in [6.45, 7) is 11.8. The van der Waals surface area contributed by atoms with Crippen LogP contribution in [-0.2, 0) is 18.5 Å². The summed E-state index contributed by atoms with van der Waals surface area (Å²) in [6.07, 6.45) is 0. The summed E-state index contributed by atoms with van der Waals surface area (Å²) in [5, 5.41) is 6.55. The minimum absolute atomic E-state index is 0.117. The second-order valence-corrected chi connectivity index (χ2v) is 6.67. The van der Waals surface area contributed by atoms with Gasteiger partial charge >= 0.3 is 0 Å². The molecule has 0 radical (unpaired) electrons. The summed E-state index contributed by atoms with van der Waals surface area (Å²) in [6, 6.07) is 0. The van der Waals surface area contributed by atoms with Gasteiger partial charge in [-0.05, 0) is 13.8 Å². The van der Waals surface area contributed by atoms with Gasteiger partial charge in [-0.25, -0.2) is 9.97 Å². The summed E-state index contributed by atoms with van der Waals surface area (Å²) in [7, 11) is 0. The van der Waals surface area contributed by atoms with E-state index in [1.165, 1.54) is 0 Å². The van der Waals surface area contributed by atoms with E-state index in [4.69, 9.17) is 4.42 Å². The fourth-order valence-electron chi connectivity index (χ4n) is 1.63. The fourth-order valence-corrected chi connectivity index (χ4v) is 2.62. The highest BCUT2D eigenvalue weighted by atomic mass is 32.1. The zero-order valence-electron chi connectivity index (χ0n) is 12.2. The number of nitrogens with one attached hydrogen (secondary N) is 1. The highest BCUT2D eigenvalue weighted by Crippen LogP contribution is 2.23. The Balaban J connectivity index is 1.87. The van der Waals surface area contributed by atoms with Crippen molar-refractivity contribution in [1.82, 2.24) is 15.3 Å². The van der Waals surface area contributed by atoms with Crippen molar-refractivity contribution in [2.75, 3.05) is 0 Å². The lowest BCUT2D eigenvalue weighted by molar-refractivity contribution is 0.448. The van der Waals surface area contributed by atoms with E-state index in [0.717, 1.165) is 34.6 Å². The molecule has 0 saturated carbocycles. The minimum Gasteiger partial charge on any atom is -0.444 e. The average Bonchev–Trinajstić information content (AvgIpc) is 2.87. The Morgan fingerprint density at radius 2 is 1.95 bits per heavy atom. The molecule has 2 aromatic rings. The second kappa shape index (κ2) is 5.43. The van der Waals surface area contributed by atoms with Gasteiger partial charge in [-0.15, -0.1) is 11.3 Å². The molecule has 0 aliphatic carbocycles. The lowest BCUT2D eigenvalue weighted by Crippen LogP contribution is -2.14. The Morgan fingerprint density at radius 1 is 1.21 bits per heavy atom. The summed E-state index contributed by atoms with van der Waals surface area (Å²) >= 11 is 1.70. The highest BCUT2D eigenvalue weighted by Gasteiger charge is 2.17. The molecule has 1 N–H and O–H groups in total. The van der Waals surface area contributed by atoms with E-state index < -0.39 is 0 Å². The number of hydrogen-bond donors (Lipinski definition) is 1. The number of oxazole rings is 1. The molecule has 2 heterocycles. The van der Waals surface area contributed by atoms with Crippen LogP contribution in [0.5, 0.6) is 0 Å². The molecule has 0 aliphatic rings. The number of rotatable bonds is 4. The zero-order chi connectivity index (χ0) is 14.0. The van der Waals surface area contributed by atoms with Crippen LogP contribution < -0.4 is 5.32 Å². The van der Waals surface area contributed by atoms with Crippen molar-refractivity contribution in [2.45, 2.75) is 53.1 Å². The number of aromatic nitrogens is 2. The van der Waals surface area contributed by atoms with E-state index in [1.807, 2.05) is 13.8 Å². The van der Waals surface area contributed by atoms with Crippen LogP contribution in [-0.4, -0.2) is 9.97 Å². The predicted octanol–water partition coefficient (Wildman–Crippen LogP) is 3.34. The third-order valence-corrected chi connectivity index (χ3v) is 3.79. The largest absolute Gasteiger partial charge is 0.444 e. The molecule has 5 heteroatoms. The number of hydrogen-bond acceptors (Lipinski definition) is 5. The van der Waals surface area contributed by atoms with Crippen LogP contribution in [0.2, 0.25) is 0 Å². The molecule has 0 atom stereocenters. The van der Waals surface area contributed by atoms with Crippen LogP contribution in [0, 0.1) is 13.8 Å². The molecule has 19 heavy (non-hydrogen) atoms. The van der Waals surface area contributed by atoms with E-state index in [-0.39, 0.29) is 5.41 Å². The molecule has 2 rings (SSSR count). The lowest BCUT2D eigenvalue weighted by Gasteiger charge is -2.14. The smallest absolute Gasteiger partial charge is 0.208 e. The summed E-state index contributed by atoms with van der Waals surface area (Å²) in [5.41, 5.74) is 2.23. The molecule has 0 unspecified atom stereocenters. The first-order valence-electron chi connectivity index (χ1n) is 6.45. The van der Waals surface area contributed by atoms with Gasteiger partial charge in [-0.3, -0.25) is 0 Å². The lowest BCUT2D eigenvalue weighted by atomic mass is 9.93. The molecule has 0 aliphatic heterocycles. The molecule has 0 fully saturated rings. The van der Waals surface area contributed by atoms with Crippen molar-refractivity contribution >= 4 is 11.3 Å². The van der Waals surface area contributed by atoms with Gasteiger partial charge in [0.25, 0.3) is 0 Å². The molecule has 0 aromatic carbocycles. The van der Waals surface area contributed by atoms with Crippen LogP contribution in [0.3, 0.4) is 0 Å². The summed E-state index contributed by atoms with van der Waals surface area (Å²) < 4.78 is 5.52. The fraction of sp³-hybridized carbons (Fsp3) is 0.571. The highest BCUT2D eigenvalue weighted by molar-refractivity contribution is 7.09. The third kappa shape index (κ3) is 3.64. The van der Waals surface area contributed by atoms with Crippen molar-refractivity contribution < 1.29 is 4.42 Å². The Morgan fingerprint density at radius 3 is 2.47 bits per heavy atom. The Bertz CT molecular complexity index is 532. The van der Waals surface area contributed by atoms with E-state index in [0.29, 0.717) is 6.54 Å². The van der Waals surface area contributed by atoms with Gasteiger partial charge in [0.15, 0.2) is 0 Å². The van der Waals surface area contributed by atoms with E-state index >= 15 is 0 Å². The van der Waals surface area contributed by atoms with Gasteiger partial charge in [-0.2, -0.15) is 0 Å². The van der Waals surface area contributed by atoms with Crippen molar-refractivity contribution in [1.29, 1.82) is 0 Å². The standard InChI is InChI=1S/C14H21N3OS/c1-9-10(2)18-12(16-9)6-15-7-13-17-11(8-19-13)14(3,4)5/h8,15H,6-7H2,1-5H3. The van der Waals surface area contributed by atoms with Gasteiger partial charge in [0.05, 0.1) is 17.9 Å². The molecule has 2 aromatic heterocycles. The van der Waals surface area contributed by atoms with E-state index in [2.05, 4.69) is 41.4 Å². The van der Waals surface area contributed by atoms with E-state index in [1.54, 1.807) is 11.3 Å². The maximum Gasteiger partial charge on any atom is 0.208 e. The Hall–Kier alpha value is -1.20. The molecule has 0 saturated heterocycles. The molecule has 0 bridgehead atoms. The summed E-state index contributed by atoms with van der Waals surface area (Å²) in [4.78, 5) is 8.98. The van der Waals surface area contributed by atoms with Crippen molar-refractivity contribution in [3.8, 4) is 0 Å². The van der Waals surface area contributed by atoms with E-state index in [9.17, 15) is 0 Å². The van der Waals surface area contributed by atoms with Gasteiger partial charge in [-0.1, -0.05) is 20.8 Å². The van der Waals surface area contributed by atoms with Crippen LogP contribution in [0.1, 0.15) is 48.8 Å². The molecular weight excluding hydrogens is 258 g/mol. The monoisotopic (exact) mass is 279 g/mol. The van der Waals surface area contributed by atoms with Crippen molar-refractivity contribution in [3.63, 3.8) is 0 Å². The van der Waals surface area contributed by atoms with Gasteiger partial charge in [0, 0.05) is 17.3 Å². The quantitative estimate of drug-likeness (QED) is 0.932. The van der Waals surface area contributed by atoms with Crippen LogP contribution in [0.25, 0.3) is 0 Å². The second-order valence-electron chi connectivity index (χ2n) is 5.73. The first-order valence-corrected chi connectivity index (χ1v) is 7.33. The topological polar surface area (TPSA) is 51.0 Å². The molecular formula is C14H21N3OS. The molecule has 4 nitrogen and oxygen atoms in total. The maximum atomic E-state index is 5.52. The average molecular weight is 279 g/mol. The van der Waals surface area contributed by atoms with Crippen molar-refractivity contribution in [2.24, 2.45) is 0 Å². The van der Waals surface area contributed by atoms with Gasteiger partial charge < -0.3 is 9.73 Å². The maximum absolute atomic E-state index is 5.52. The molecule has 104 valence electrons. The predicted molar refractivity (Wildman–Crippen MR) is 77.3 cm³/mol. The minimum atomic E-state index is 0.117. The number of nitrogens with zero attached hydrogens (tertiary/aromatic N) is 2. The summed E-state index contributed by atoms with van der Waals surface area (Å²) in [5.74, 6) is 1.63. The molecule has 0 spiro atoms. The zero-order valence-corrected chi connectivity index (χ0v) is 13.0. The van der Waals surface area contributed by atoms with Crippen LogP contribution in [0.4, 0.5) is 0 Å². The number of thiazole rings is 1. The van der Waals surface area contributed by atoms with Gasteiger partial charge in [0.2, 0.25) is 5.89 Å². The first kappa shape index (κ1) is 14.2. The van der Waals surface area contributed by atoms with Gasteiger partial charge in [0.1, 0.15) is 10.8 Å². The first-order chi connectivity index (χ1) is 8.86. The number of aryl methyl sites for hydroxylation is 2. The Kier molecular flexibility index (Phi) is 4.06. The molecule has 0 amide bonds. The van der Waals surface area contributed by atoms with Crippen LogP contribution >= 0.6 is 11.3 Å². The van der Waals surface area contributed by atoms with Crippen LogP contribution in [0.15, 0.2) is 9.80 Å². The van der Waals surface area contributed by atoms with Crippen molar-refractivity contribution in [3.05, 3.63) is 33.4 Å². The normalized spacial score (nSPS) is 12.1. The Labute approximate surface area is 118 Å².